The van der Waals surface area contributed by atoms with E-state index in [1.165, 1.54) is 0 Å². The first-order valence-corrected chi connectivity index (χ1v) is 6.31. The summed E-state index contributed by atoms with van der Waals surface area (Å²) in [4.78, 5) is 25.6. The van der Waals surface area contributed by atoms with Crippen LogP contribution in [-0.4, -0.2) is 16.9 Å². The Labute approximate surface area is 109 Å². The largest absolute Gasteiger partial charge is 0.417 e. The lowest BCUT2D eigenvalue weighted by molar-refractivity contribution is -0.119. The number of H-pyrrole nitrogens is 1. The standard InChI is InChI=1S/C13H15N3O3/c14-8-2-1-7(5-8)12(17)15-9-3-4-11-10(6-9)16-13(18)19-11/h3-4,6-8H,1-2,5,14H2,(H,15,17)(H,16,18). The van der Waals surface area contributed by atoms with Crippen LogP contribution in [0, 0.1) is 5.92 Å². The smallest absolute Gasteiger partial charge is 0.408 e. The quantitative estimate of drug-likeness (QED) is 0.755. The molecule has 1 aliphatic rings. The number of hydrogen-bond donors (Lipinski definition) is 3. The highest BCUT2D eigenvalue weighted by atomic mass is 16.4. The van der Waals surface area contributed by atoms with E-state index in [0.717, 1.165) is 19.3 Å². The van der Waals surface area contributed by atoms with Crippen molar-refractivity contribution in [3.8, 4) is 0 Å². The zero-order valence-corrected chi connectivity index (χ0v) is 10.3. The molecule has 4 N–H and O–H groups in total. The molecule has 2 unspecified atom stereocenters. The number of amides is 1. The van der Waals surface area contributed by atoms with Gasteiger partial charge in [-0.3, -0.25) is 9.78 Å². The molecule has 0 spiro atoms. The lowest BCUT2D eigenvalue weighted by Crippen LogP contribution is -2.23. The molecule has 6 heteroatoms. The maximum absolute atomic E-state index is 12.0. The zero-order chi connectivity index (χ0) is 13.4. The summed E-state index contributed by atoms with van der Waals surface area (Å²) in [6.07, 6.45) is 2.46. The minimum Gasteiger partial charge on any atom is -0.408 e. The number of carbonyl (C=O) groups is 1. The summed E-state index contributed by atoms with van der Waals surface area (Å²) in [7, 11) is 0. The molecule has 2 atom stereocenters. The Morgan fingerprint density at radius 2 is 2.26 bits per heavy atom. The maximum Gasteiger partial charge on any atom is 0.417 e. The summed E-state index contributed by atoms with van der Waals surface area (Å²) in [6, 6.07) is 5.19. The van der Waals surface area contributed by atoms with Gasteiger partial charge in [-0.05, 0) is 37.5 Å². The van der Waals surface area contributed by atoms with Gasteiger partial charge in [-0.25, -0.2) is 4.79 Å². The first-order valence-electron chi connectivity index (χ1n) is 6.31. The Bertz CT molecular complexity index is 673. The van der Waals surface area contributed by atoms with E-state index in [1.54, 1.807) is 18.2 Å². The van der Waals surface area contributed by atoms with E-state index < -0.39 is 5.76 Å². The van der Waals surface area contributed by atoms with Gasteiger partial charge in [-0.15, -0.1) is 0 Å². The molecule has 100 valence electrons. The fourth-order valence-corrected chi connectivity index (χ4v) is 2.53. The van der Waals surface area contributed by atoms with Crippen molar-refractivity contribution in [2.45, 2.75) is 25.3 Å². The zero-order valence-electron chi connectivity index (χ0n) is 10.3. The van der Waals surface area contributed by atoms with Gasteiger partial charge in [0.25, 0.3) is 0 Å². The second-order valence-corrected chi connectivity index (χ2v) is 4.98. The molecule has 1 amide bonds. The number of nitrogens with two attached hydrogens (primary N) is 1. The highest BCUT2D eigenvalue weighted by Crippen LogP contribution is 2.26. The van der Waals surface area contributed by atoms with Crippen LogP contribution in [-0.2, 0) is 4.79 Å². The van der Waals surface area contributed by atoms with Gasteiger partial charge in [0, 0.05) is 17.6 Å². The van der Waals surface area contributed by atoms with Crippen LogP contribution in [0.25, 0.3) is 11.1 Å². The molecule has 6 nitrogen and oxygen atoms in total. The molecule has 0 bridgehead atoms. The summed E-state index contributed by atoms with van der Waals surface area (Å²) < 4.78 is 4.90. The van der Waals surface area contributed by atoms with Crippen molar-refractivity contribution in [1.82, 2.24) is 4.98 Å². The van der Waals surface area contributed by atoms with Crippen LogP contribution in [0.1, 0.15) is 19.3 Å². The number of nitrogens with one attached hydrogen (secondary N) is 2. The lowest BCUT2D eigenvalue weighted by Gasteiger charge is -2.10. The van der Waals surface area contributed by atoms with Crippen LogP contribution < -0.4 is 16.8 Å². The van der Waals surface area contributed by atoms with Crippen LogP contribution in [0.5, 0.6) is 0 Å². The summed E-state index contributed by atoms with van der Waals surface area (Å²) in [6.45, 7) is 0. The normalized spacial score (nSPS) is 22.8. The summed E-state index contributed by atoms with van der Waals surface area (Å²) in [5.74, 6) is -0.535. The van der Waals surface area contributed by atoms with Gasteiger partial charge in [0.05, 0.1) is 5.52 Å². The molecule has 1 heterocycles. The highest BCUT2D eigenvalue weighted by molar-refractivity contribution is 5.94. The van der Waals surface area contributed by atoms with E-state index in [2.05, 4.69) is 10.3 Å². The molecular weight excluding hydrogens is 246 g/mol. The fourth-order valence-electron chi connectivity index (χ4n) is 2.53. The molecule has 2 aromatic rings. The number of fused-ring (bicyclic) bond motifs is 1. The molecule has 3 rings (SSSR count). The van der Waals surface area contributed by atoms with Crippen LogP contribution in [0.2, 0.25) is 0 Å². The van der Waals surface area contributed by atoms with Gasteiger partial charge < -0.3 is 15.5 Å². The average Bonchev–Trinajstić information content (AvgIpc) is 2.93. The van der Waals surface area contributed by atoms with Crippen molar-refractivity contribution in [2.24, 2.45) is 11.7 Å². The van der Waals surface area contributed by atoms with E-state index in [4.69, 9.17) is 10.2 Å². The Kier molecular flexibility index (Phi) is 2.87. The van der Waals surface area contributed by atoms with Gasteiger partial charge >= 0.3 is 5.76 Å². The van der Waals surface area contributed by atoms with Gasteiger partial charge in [0.2, 0.25) is 5.91 Å². The van der Waals surface area contributed by atoms with Crippen molar-refractivity contribution in [3.63, 3.8) is 0 Å². The maximum atomic E-state index is 12.0. The summed E-state index contributed by atoms with van der Waals surface area (Å²) in [5, 5.41) is 2.85. The third kappa shape index (κ3) is 2.39. The second kappa shape index (κ2) is 4.55. The van der Waals surface area contributed by atoms with Crippen molar-refractivity contribution in [3.05, 3.63) is 28.7 Å². The van der Waals surface area contributed by atoms with Crippen LogP contribution in [0.4, 0.5) is 5.69 Å². The van der Waals surface area contributed by atoms with E-state index in [0.29, 0.717) is 16.8 Å². The predicted molar refractivity (Wildman–Crippen MR) is 70.8 cm³/mol. The van der Waals surface area contributed by atoms with E-state index >= 15 is 0 Å². The van der Waals surface area contributed by atoms with Gasteiger partial charge in [-0.1, -0.05) is 0 Å². The molecule has 1 aromatic carbocycles. The Hall–Kier alpha value is -2.08. The van der Waals surface area contributed by atoms with Gasteiger partial charge in [0.15, 0.2) is 5.58 Å². The van der Waals surface area contributed by atoms with Crippen molar-refractivity contribution in [2.75, 3.05) is 5.32 Å². The summed E-state index contributed by atoms with van der Waals surface area (Å²) >= 11 is 0. The molecule has 1 aromatic heterocycles. The number of carbonyl (C=O) groups excluding carboxylic acids is 1. The van der Waals surface area contributed by atoms with E-state index in [1.807, 2.05) is 0 Å². The predicted octanol–water partition coefficient (Wildman–Crippen LogP) is 1.19. The van der Waals surface area contributed by atoms with E-state index in [9.17, 15) is 9.59 Å². The fraction of sp³-hybridized carbons (Fsp3) is 0.385. The molecule has 0 aliphatic heterocycles. The SMILES string of the molecule is NC1CCC(C(=O)Nc2ccc3oc(=O)[nH]c3c2)C1. The summed E-state index contributed by atoms with van der Waals surface area (Å²) in [5.41, 5.74) is 7.50. The number of aromatic nitrogens is 1. The Morgan fingerprint density at radius 3 is 3.00 bits per heavy atom. The first-order chi connectivity index (χ1) is 9.11. The minimum absolute atomic E-state index is 0.0156. The molecular formula is C13H15N3O3. The first kappa shape index (κ1) is 12.0. The third-order valence-corrected chi connectivity index (χ3v) is 3.53. The molecule has 1 fully saturated rings. The minimum atomic E-state index is -0.500. The van der Waals surface area contributed by atoms with Crippen LogP contribution in [0.3, 0.4) is 0 Å². The molecule has 1 aliphatic carbocycles. The lowest BCUT2D eigenvalue weighted by atomic mass is 10.1. The van der Waals surface area contributed by atoms with Gasteiger partial charge in [0.1, 0.15) is 0 Å². The Balaban J connectivity index is 1.77. The second-order valence-electron chi connectivity index (χ2n) is 4.98. The van der Waals surface area contributed by atoms with E-state index in [-0.39, 0.29) is 17.9 Å². The van der Waals surface area contributed by atoms with Crippen LogP contribution in [0.15, 0.2) is 27.4 Å². The highest BCUT2D eigenvalue weighted by Gasteiger charge is 2.27. The van der Waals surface area contributed by atoms with Crippen molar-refractivity contribution >= 4 is 22.7 Å². The number of benzene rings is 1. The number of rotatable bonds is 2. The van der Waals surface area contributed by atoms with Crippen LogP contribution >= 0.6 is 0 Å². The Morgan fingerprint density at radius 1 is 1.42 bits per heavy atom. The number of oxazole rings is 1. The molecule has 0 saturated heterocycles. The van der Waals surface area contributed by atoms with Crippen molar-refractivity contribution in [1.29, 1.82) is 0 Å². The molecule has 1 saturated carbocycles. The monoisotopic (exact) mass is 261 g/mol. The number of anilines is 1. The average molecular weight is 261 g/mol. The molecule has 19 heavy (non-hydrogen) atoms. The van der Waals surface area contributed by atoms with Crippen molar-refractivity contribution < 1.29 is 9.21 Å². The number of hydrogen-bond acceptors (Lipinski definition) is 4. The number of aromatic amines is 1. The molecule has 0 radical (unpaired) electrons. The third-order valence-electron chi connectivity index (χ3n) is 3.53. The van der Waals surface area contributed by atoms with Gasteiger partial charge in [-0.2, -0.15) is 0 Å². The topological polar surface area (TPSA) is 101 Å².